The minimum absolute atomic E-state index is 0.0950. The van der Waals surface area contributed by atoms with Crippen LogP contribution in [0.15, 0.2) is 42.5 Å². The lowest BCUT2D eigenvalue weighted by atomic mass is 10.1. The van der Waals surface area contributed by atoms with Gasteiger partial charge in [0.25, 0.3) is 0 Å². The molecule has 0 unspecified atom stereocenters. The van der Waals surface area contributed by atoms with Crippen LogP contribution in [0, 0.1) is 0 Å². The molecule has 0 amide bonds. The molecule has 0 bridgehead atoms. The third kappa shape index (κ3) is 5.48. The van der Waals surface area contributed by atoms with Crippen LogP contribution in [0.25, 0.3) is 0 Å². The normalized spacial score (nSPS) is 16.3. The fourth-order valence-electron chi connectivity index (χ4n) is 4.06. The Morgan fingerprint density at radius 2 is 1.69 bits per heavy atom. The van der Waals surface area contributed by atoms with Gasteiger partial charge in [-0.3, -0.25) is 4.90 Å². The molecule has 2 aliphatic rings. The van der Waals surface area contributed by atoms with Gasteiger partial charge in [0.1, 0.15) is 19.0 Å². The maximum absolute atomic E-state index is 13.0. The van der Waals surface area contributed by atoms with Gasteiger partial charge in [-0.1, -0.05) is 6.07 Å². The van der Waals surface area contributed by atoms with Crippen molar-refractivity contribution in [3.05, 3.63) is 53.9 Å². The molecule has 2 aromatic carbocycles. The van der Waals surface area contributed by atoms with Gasteiger partial charge in [0.2, 0.25) is 11.9 Å². The predicted molar refractivity (Wildman–Crippen MR) is 124 cm³/mol. The Morgan fingerprint density at radius 1 is 0.914 bits per heavy atom. The molecule has 3 heterocycles. The quantitative estimate of drug-likeness (QED) is 0.561. The maximum Gasteiger partial charge on any atom is 0.416 e. The molecule has 3 aromatic rings. The highest BCUT2D eigenvalue weighted by Gasteiger charge is 2.31. The second-order valence-electron chi connectivity index (χ2n) is 8.23. The molecular formula is C23H24F3N7O2. The van der Waals surface area contributed by atoms with Gasteiger partial charge in [0.15, 0.2) is 11.5 Å². The van der Waals surface area contributed by atoms with Crippen molar-refractivity contribution in [3.63, 3.8) is 0 Å². The van der Waals surface area contributed by atoms with Crippen LogP contribution in [-0.4, -0.2) is 59.2 Å². The number of piperazine rings is 1. The van der Waals surface area contributed by atoms with Crippen LogP contribution in [0.2, 0.25) is 0 Å². The van der Waals surface area contributed by atoms with E-state index in [1.165, 1.54) is 12.1 Å². The van der Waals surface area contributed by atoms with Crippen molar-refractivity contribution in [3.8, 4) is 11.5 Å². The number of nitrogens with two attached hydrogens (primary N) is 1. The summed E-state index contributed by atoms with van der Waals surface area (Å²) in [7, 11) is 0. The van der Waals surface area contributed by atoms with Crippen molar-refractivity contribution in [1.29, 1.82) is 0 Å². The highest BCUT2D eigenvalue weighted by molar-refractivity contribution is 5.60. The number of anilines is 4. The summed E-state index contributed by atoms with van der Waals surface area (Å²) in [5.41, 5.74) is 6.56. The third-order valence-corrected chi connectivity index (χ3v) is 5.77. The van der Waals surface area contributed by atoms with Crippen LogP contribution in [-0.2, 0) is 12.7 Å². The topological polar surface area (TPSA) is 102 Å². The number of nitrogens with one attached hydrogen (secondary N) is 1. The molecule has 1 fully saturated rings. The van der Waals surface area contributed by atoms with Crippen molar-refractivity contribution in [2.45, 2.75) is 12.7 Å². The van der Waals surface area contributed by atoms with Crippen molar-refractivity contribution >= 4 is 23.3 Å². The van der Waals surface area contributed by atoms with Gasteiger partial charge in [0, 0.05) is 43.6 Å². The smallest absolute Gasteiger partial charge is 0.416 e. The zero-order valence-electron chi connectivity index (χ0n) is 18.8. The van der Waals surface area contributed by atoms with Gasteiger partial charge in [-0.15, -0.1) is 0 Å². The monoisotopic (exact) mass is 487 g/mol. The van der Waals surface area contributed by atoms with Gasteiger partial charge in [-0.25, -0.2) is 0 Å². The van der Waals surface area contributed by atoms with E-state index < -0.39 is 11.7 Å². The largest absolute Gasteiger partial charge is 0.486 e. The van der Waals surface area contributed by atoms with Crippen LogP contribution in [0.5, 0.6) is 11.5 Å². The predicted octanol–water partition coefficient (Wildman–Crippen LogP) is 3.31. The lowest BCUT2D eigenvalue weighted by molar-refractivity contribution is -0.137. The van der Waals surface area contributed by atoms with Crippen molar-refractivity contribution < 1.29 is 22.6 Å². The summed E-state index contributed by atoms with van der Waals surface area (Å²) < 4.78 is 50.3. The standard InChI is InChI=1S/C23H24F3N7O2/c24-23(25,26)15-2-1-3-17(12-15)33-8-6-32(7-9-33)14-20-29-21(27)31-22(30-20)28-16-4-5-18-19(13-16)35-11-10-34-18/h1-5,12-13H,6-11,14H2,(H3,27,28,29,30,31). The SMILES string of the molecule is Nc1nc(CN2CCN(c3cccc(C(F)(F)F)c3)CC2)nc(Nc2ccc3c(c2)OCCO3)n1. The number of nitrogen functional groups attached to an aromatic ring is 1. The molecule has 2 aliphatic heterocycles. The summed E-state index contributed by atoms with van der Waals surface area (Å²) in [6.07, 6.45) is -4.36. The van der Waals surface area contributed by atoms with Crippen LogP contribution >= 0.6 is 0 Å². The zero-order valence-corrected chi connectivity index (χ0v) is 18.8. The molecule has 0 atom stereocenters. The number of hydrogen-bond acceptors (Lipinski definition) is 9. The molecule has 0 radical (unpaired) electrons. The fourth-order valence-corrected chi connectivity index (χ4v) is 4.06. The molecule has 3 N–H and O–H groups in total. The van der Waals surface area contributed by atoms with Gasteiger partial charge >= 0.3 is 6.18 Å². The summed E-state index contributed by atoms with van der Waals surface area (Å²) in [6, 6.07) is 10.9. The summed E-state index contributed by atoms with van der Waals surface area (Å²) in [4.78, 5) is 17.0. The van der Waals surface area contributed by atoms with Crippen LogP contribution < -0.4 is 25.4 Å². The second kappa shape index (κ2) is 9.45. The molecule has 9 nitrogen and oxygen atoms in total. The number of hydrogen-bond donors (Lipinski definition) is 2. The minimum atomic E-state index is -4.36. The molecule has 1 saturated heterocycles. The van der Waals surface area contributed by atoms with Gasteiger partial charge < -0.3 is 25.4 Å². The Kier molecular flexibility index (Phi) is 6.20. The number of benzene rings is 2. The Balaban J connectivity index is 1.21. The summed E-state index contributed by atoms with van der Waals surface area (Å²) in [5, 5.41) is 3.12. The first kappa shape index (κ1) is 23.0. The Morgan fingerprint density at radius 3 is 2.46 bits per heavy atom. The van der Waals surface area contributed by atoms with Crippen LogP contribution in [0.4, 0.5) is 36.4 Å². The molecule has 5 rings (SSSR count). The average Bonchev–Trinajstić information content (AvgIpc) is 2.84. The number of nitrogens with zero attached hydrogens (tertiary/aromatic N) is 5. The Hall–Kier alpha value is -3.80. The number of rotatable bonds is 5. The van der Waals surface area contributed by atoms with Crippen molar-refractivity contribution in [2.75, 3.05) is 55.3 Å². The van der Waals surface area contributed by atoms with Gasteiger partial charge in [-0.2, -0.15) is 28.1 Å². The highest BCUT2D eigenvalue weighted by atomic mass is 19.4. The van der Waals surface area contributed by atoms with E-state index in [1.807, 2.05) is 17.0 Å². The van der Waals surface area contributed by atoms with E-state index in [2.05, 4.69) is 25.2 Å². The van der Waals surface area contributed by atoms with Crippen molar-refractivity contribution in [1.82, 2.24) is 19.9 Å². The minimum Gasteiger partial charge on any atom is -0.486 e. The highest BCUT2D eigenvalue weighted by Crippen LogP contribution is 2.34. The molecule has 184 valence electrons. The number of alkyl halides is 3. The Bertz CT molecular complexity index is 1200. The lowest BCUT2D eigenvalue weighted by Gasteiger charge is -2.36. The second-order valence-corrected chi connectivity index (χ2v) is 8.23. The van der Waals surface area contributed by atoms with Crippen molar-refractivity contribution in [2.24, 2.45) is 0 Å². The molecule has 35 heavy (non-hydrogen) atoms. The van der Waals surface area contributed by atoms with Gasteiger partial charge in [0.05, 0.1) is 12.1 Å². The van der Waals surface area contributed by atoms with E-state index in [0.29, 0.717) is 74.9 Å². The number of aromatic nitrogens is 3. The van der Waals surface area contributed by atoms with E-state index in [4.69, 9.17) is 15.2 Å². The Labute approximate surface area is 199 Å². The fraction of sp³-hybridized carbons (Fsp3) is 0.348. The first-order valence-corrected chi connectivity index (χ1v) is 11.2. The summed E-state index contributed by atoms with van der Waals surface area (Å²) >= 11 is 0. The van der Waals surface area contributed by atoms with Crippen LogP contribution in [0.3, 0.4) is 0 Å². The number of ether oxygens (including phenoxy) is 2. The summed E-state index contributed by atoms with van der Waals surface area (Å²) in [6.45, 7) is 3.91. The third-order valence-electron chi connectivity index (χ3n) is 5.77. The van der Waals surface area contributed by atoms with Gasteiger partial charge in [-0.05, 0) is 30.3 Å². The molecule has 0 saturated carbocycles. The first-order valence-electron chi connectivity index (χ1n) is 11.2. The van der Waals surface area contributed by atoms with E-state index in [-0.39, 0.29) is 5.95 Å². The molecule has 12 heteroatoms. The average molecular weight is 487 g/mol. The number of fused-ring (bicyclic) bond motifs is 1. The molecule has 0 aliphatic carbocycles. The lowest BCUT2D eigenvalue weighted by Crippen LogP contribution is -2.46. The summed E-state index contributed by atoms with van der Waals surface area (Å²) in [5.74, 6) is 2.23. The van der Waals surface area contributed by atoms with E-state index in [9.17, 15) is 13.2 Å². The van der Waals surface area contributed by atoms with E-state index in [1.54, 1.807) is 12.1 Å². The molecule has 1 aromatic heterocycles. The van der Waals surface area contributed by atoms with E-state index in [0.717, 1.165) is 11.8 Å². The zero-order chi connectivity index (χ0) is 24.4. The van der Waals surface area contributed by atoms with E-state index >= 15 is 0 Å². The van der Waals surface area contributed by atoms with Crippen LogP contribution in [0.1, 0.15) is 11.4 Å². The first-order chi connectivity index (χ1) is 16.8. The number of halogens is 3. The molecular weight excluding hydrogens is 463 g/mol. The maximum atomic E-state index is 13.0. The molecule has 0 spiro atoms.